The lowest BCUT2D eigenvalue weighted by Crippen LogP contribution is -2.23. The zero-order valence-corrected chi connectivity index (χ0v) is 19.4. The van der Waals surface area contributed by atoms with Crippen molar-refractivity contribution in [1.82, 2.24) is 14.8 Å². The standard InChI is InChI=1S/C24H26FN5O2S/c1-16(2)14-30-23(19-9-3-4-10-20(19)25)27-28-24(30)33-15-21(31)26-17-7-5-8-18(13-17)29-12-6-11-22(29)32/h3-5,7-10,13,16H,6,11-12,14-15H2,1-2H3,(H,26,31). The fourth-order valence-corrected chi connectivity index (χ4v) is 4.51. The molecule has 2 heterocycles. The van der Waals surface area contributed by atoms with Gasteiger partial charge in [0.1, 0.15) is 5.82 Å². The fraction of sp³-hybridized carbons (Fsp3) is 0.333. The van der Waals surface area contributed by atoms with Gasteiger partial charge in [-0.05, 0) is 42.7 Å². The van der Waals surface area contributed by atoms with E-state index in [9.17, 15) is 14.0 Å². The second kappa shape index (κ2) is 10.2. The number of nitrogens with one attached hydrogen (secondary N) is 1. The van der Waals surface area contributed by atoms with Crippen LogP contribution in [0.3, 0.4) is 0 Å². The number of rotatable bonds is 8. The van der Waals surface area contributed by atoms with Crippen molar-refractivity contribution in [3.63, 3.8) is 0 Å². The number of amides is 2. The van der Waals surface area contributed by atoms with Gasteiger partial charge in [0.15, 0.2) is 11.0 Å². The van der Waals surface area contributed by atoms with E-state index >= 15 is 0 Å². The first kappa shape index (κ1) is 23.0. The molecular formula is C24H26FN5O2S. The van der Waals surface area contributed by atoms with E-state index in [0.29, 0.717) is 41.7 Å². The van der Waals surface area contributed by atoms with Gasteiger partial charge in [-0.2, -0.15) is 0 Å². The summed E-state index contributed by atoms with van der Waals surface area (Å²) in [4.78, 5) is 26.4. The van der Waals surface area contributed by atoms with Crippen molar-refractivity contribution in [2.45, 2.75) is 38.4 Å². The maximum absolute atomic E-state index is 14.4. The van der Waals surface area contributed by atoms with Gasteiger partial charge in [0.2, 0.25) is 11.8 Å². The molecule has 9 heteroatoms. The Morgan fingerprint density at radius 1 is 1.18 bits per heavy atom. The molecule has 7 nitrogen and oxygen atoms in total. The van der Waals surface area contributed by atoms with Crippen molar-refractivity contribution in [2.75, 3.05) is 22.5 Å². The molecule has 1 aliphatic rings. The summed E-state index contributed by atoms with van der Waals surface area (Å²) < 4.78 is 16.2. The summed E-state index contributed by atoms with van der Waals surface area (Å²) in [6, 6.07) is 13.8. The Kier molecular flexibility index (Phi) is 7.08. The summed E-state index contributed by atoms with van der Waals surface area (Å²) in [5.74, 6) is 0.407. The van der Waals surface area contributed by atoms with Crippen molar-refractivity contribution in [1.29, 1.82) is 0 Å². The molecule has 4 rings (SSSR count). The number of hydrogen-bond acceptors (Lipinski definition) is 5. The minimum absolute atomic E-state index is 0.101. The van der Waals surface area contributed by atoms with Gasteiger partial charge in [-0.25, -0.2) is 4.39 Å². The number of anilines is 2. The average molecular weight is 468 g/mol. The molecule has 0 spiro atoms. The molecule has 1 aromatic heterocycles. The molecule has 0 unspecified atom stereocenters. The van der Waals surface area contributed by atoms with Gasteiger partial charge in [0.05, 0.1) is 11.3 Å². The molecule has 2 amide bonds. The molecule has 0 atom stereocenters. The summed E-state index contributed by atoms with van der Waals surface area (Å²) in [5.41, 5.74) is 1.80. The smallest absolute Gasteiger partial charge is 0.234 e. The molecule has 1 aliphatic heterocycles. The summed E-state index contributed by atoms with van der Waals surface area (Å²) in [5, 5.41) is 11.9. The van der Waals surface area contributed by atoms with Crippen LogP contribution in [0, 0.1) is 11.7 Å². The van der Waals surface area contributed by atoms with Gasteiger partial charge >= 0.3 is 0 Å². The Morgan fingerprint density at radius 2 is 2.00 bits per heavy atom. The van der Waals surface area contributed by atoms with E-state index in [0.717, 1.165) is 12.1 Å². The van der Waals surface area contributed by atoms with Crippen LogP contribution in [-0.4, -0.2) is 38.9 Å². The lowest BCUT2D eigenvalue weighted by Gasteiger charge is -2.16. The third kappa shape index (κ3) is 5.42. The van der Waals surface area contributed by atoms with Crippen LogP contribution in [0.4, 0.5) is 15.8 Å². The third-order valence-electron chi connectivity index (χ3n) is 5.23. The van der Waals surface area contributed by atoms with Crippen molar-refractivity contribution in [3.05, 3.63) is 54.3 Å². The number of halogens is 1. The van der Waals surface area contributed by atoms with Crippen LogP contribution in [0.25, 0.3) is 11.4 Å². The average Bonchev–Trinajstić information content (AvgIpc) is 3.38. The zero-order valence-electron chi connectivity index (χ0n) is 18.6. The van der Waals surface area contributed by atoms with E-state index < -0.39 is 0 Å². The summed E-state index contributed by atoms with van der Waals surface area (Å²) in [6.45, 7) is 5.42. The Bertz CT molecular complexity index is 1160. The number of hydrogen-bond donors (Lipinski definition) is 1. The Balaban J connectivity index is 1.45. The normalized spacial score (nSPS) is 13.7. The molecule has 0 saturated carbocycles. The monoisotopic (exact) mass is 467 g/mol. The molecule has 1 N–H and O–H groups in total. The summed E-state index contributed by atoms with van der Waals surface area (Å²) in [6.07, 6.45) is 1.40. The second-order valence-corrected chi connectivity index (χ2v) is 9.27. The van der Waals surface area contributed by atoms with Crippen LogP contribution in [0.2, 0.25) is 0 Å². The first-order valence-corrected chi connectivity index (χ1v) is 11.9. The first-order valence-electron chi connectivity index (χ1n) is 10.9. The maximum Gasteiger partial charge on any atom is 0.234 e. The summed E-state index contributed by atoms with van der Waals surface area (Å²) in [7, 11) is 0. The van der Waals surface area contributed by atoms with Crippen LogP contribution < -0.4 is 10.2 Å². The van der Waals surface area contributed by atoms with Gasteiger partial charge in [-0.1, -0.05) is 43.8 Å². The molecule has 1 saturated heterocycles. The Morgan fingerprint density at radius 3 is 2.73 bits per heavy atom. The number of thioether (sulfide) groups is 1. The van der Waals surface area contributed by atoms with E-state index in [1.54, 1.807) is 29.2 Å². The van der Waals surface area contributed by atoms with Crippen LogP contribution in [0.15, 0.2) is 53.7 Å². The number of carbonyl (C=O) groups is 2. The lowest BCUT2D eigenvalue weighted by atomic mass is 10.2. The number of aromatic nitrogens is 3. The minimum atomic E-state index is -0.361. The molecule has 2 aromatic carbocycles. The highest BCUT2D eigenvalue weighted by Gasteiger charge is 2.22. The second-order valence-electron chi connectivity index (χ2n) is 8.33. The van der Waals surface area contributed by atoms with Crippen molar-refractivity contribution in [3.8, 4) is 11.4 Å². The number of nitrogens with zero attached hydrogens (tertiary/aromatic N) is 4. The topological polar surface area (TPSA) is 80.1 Å². The highest BCUT2D eigenvalue weighted by atomic mass is 32.2. The van der Waals surface area contributed by atoms with Crippen LogP contribution in [0.1, 0.15) is 26.7 Å². The van der Waals surface area contributed by atoms with Crippen molar-refractivity contribution >= 4 is 35.0 Å². The first-order chi connectivity index (χ1) is 15.9. The summed E-state index contributed by atoms with van der Waals surface area (Å²) >= 11 is 1.26. The van der Waals surface area contributed by atoms with Gasteiger partial charge in [0.25, 0.3) is 0 Å². The van der Waals surface area contributed by atoms with Crippen molar-refractivity contribution in [2.24, 2.45) is 5.92 Å². The van der Waals surface area contributed by atoms with Gasteiger partial charge in [-0.3, -0.25) is 9.59 Å². The highest BCUT2D eigenvalue weighted by Crippen LogP contribution is 2.28. The van der Waals surface area contributed by atoms with Crippen LogP contribution in [-0.2, 0) is 16.1 Å². The van der Waals surface area contributed by atoms with E-state index in [-0.39, 0.29) is 29.3 Å². The van der Waals surface area contributed by atoms with Crippen LogP contribution in [0.5, 0.6) is 0 Å². The third-order valence-corrected chi connectivity index (χ3v) is 6.19. The maximum atomic E-state index is 14.4. The van der Waals surface area contributed by atoms with Gasteiger partial charge in [-0.15, -0.1) is 10.2 Å². The van der Waals surface area contributed by atoms with Gasteiger partial charge < -0.3 is 14.8 Å². The van der Waals surface area contributed by atoms with Gasteiger partial charge in [0, 0.05) is 30.9 Å². The quantitative estimate of drug-likeness (QED) is 0.490. The minimum Gasteiger partial charge on any atom is -0.325 e. The Hall–Kier alpha value is -3.20. The van der Waals surface area contributed by atoms with E-state index in [2.05, 4.69) is 29.4 Å². The predicted molar refractivity (Wildman–Crippen MR) is 128 cm³/mol. The lowest BCUT2D eigenvalue weighted by molar-refractivity contribution is -0.117. The molecule has 3 aromatic rings. The van der Waals surface area contributed by atoms with Crippen molar-refractivity contribution < 1.29 is 14.0 Å². The van der Waals surface area contributed by atoms with E-state index in [1.165, 1.54) is 17.8 Å². The van der Waals surface area contributed by atoms with Crippen LogP contribution >= 0.6 is 11.8 Å². The largest absolute Gasteiger partial charge is 0.325 e. The zero-order chi connectivity index (χ0) is 23.4. The predicted octanol–water partition coefficient (Wildman–Crippen LogP) is 4.60. The molecule has 33 heavy (non-hydrogen) atoms. The van der Waals surface area contributed by atoms with E-state index in [1.807, 2.05) is 22.8 Å². The molecule has 0 aliphatic carbocycles. The molecule has 0 radical (unpaired) electrons. The number of carbonyl (C=O) groups excluding carboxylic acids is 2. The highest BCUT2D eigenvalue weighted by molar-refractivity contribution is 7.99. The Labute approximate surface area is 196 Å². The number of benzene rings is 2. The fourth-order valence-electron chi connectivity index (χ4n) is 3.77. The SMILES string of the molecule is CC(C)Cn1c(SCC(=O)Nc2cccc(N3CCCC3=O)c2)nnc1-c1ccccc1F. The molecule has 172 valence electrons. The molecule has 0 bridgehead atoms. The molecule has 1 fully saturated rings. The molecular weight excluding hydrogens is 441 g/mol. The van der Waals surface area contributed by atoms with E-state index in [4.69, 9.17) is 0 Å².